The van der Waals surface area contributed by atoms with Crippen molar-refractivity contribution in [1.82, 2.24) is 0 Å². The van der Waals surface area contributed by atoms with E-state index in [1.165, 1.54) is 18.2 Å². The highest BCUT2D eigenvalue weighted by Crippen LogP contribution is 2.24. The first-order valence-electron chi connectivity index (χ1n) is 6.05. The zero-order chi connectivity index (χ0) is 15.6. The van der Waals surface area contributed by atoms with Gasteiger partial charge in [-0.05, 0) is 42.8 Å². The van der Waals surface area contributed by atoms with Crippen molar-refractivity contribution in [2.75, 3.05) is 5.32 Å². The van der Waals surface area contributed by atoms with Crippen molar-refractivity contribution < 1.29 is 9.18 Å². The zero-order valence-electron chi connectivity index (χ0n) is 11.1. The number of carbonyl (C=O) groups is 1. The number of aryl methyl sites for hydroxylation is 1. The second-order valence-electron chi connectivity index (χ2n) is 4.48. The smallest absolute Gasteiger partial charge is 0.255 e. The quantitative estimate of drug-likeness (QED) is 0.848. The fourth-order valence-corrected chi connectivity index (χ4v) is 2.05. The van der Waals surface area contributed by atoms with Gasteiger partial charge in [0.25, 0.3) is 5.91 Å². The Morgan fingerprint density at radius 2 is 1.90 bits per heavy atom. The molecule has 0 aromatic heterocycles. The van der Waals surface area contributed by atoms with Crippen molar-refractivity contribution in [2.24, 2.45) is 5.73 Å². The Bertz CT molecular complexity index is 734. The number of hydrogen-bond acceptors (Lipinski definition) is 2. The molecular formula is C15H12ClFN2OS. The van der Waals surface area contributed by atoms with E-state index in [-0.39, 0.29) is 16.7 Å². The monoisotopic (exact) mass is 322 g/mol. The van der Waals surface area contributed by atoms with Crippen LogP contribution in [-0.4, -0.2) is 10.9 Å². The Morgan fingerprint density at radius 1 is 1.24 bits per heavy atom. The van der Waals surface area contributed by atoms with Crippen molar-refractivity contribution >= 4 is 40.4 Å². The second-order valence-corrected chi connectivity index (χ2v) is 5.32. The molecule has 0 radical (unpaired) electrons. The van der Waals surface area contributed by atoms with Gasteiger partial charge in [-0.15, -0.1) is 0 Å². The lowest BCUT2D eigenvalue weighted by Crippen LogP contribution is -2.14. The van der Waals surface area contributed by atoms with Gasteiger partial charge in [0.2, 0.25) is 0 Å². The lowest BCUT2D eigenvalue weighted by atomic mass is 10.1. The number of thiocarbonyl (C=S) groups is 1. The van der Waals surface area contributed by atoms with E-state index in [4.69, 9.17) is 29.6 Å². The normalized spacial score (nSPS) is 10.2. The highest BCUT2D eigenvalue weighted by Gasteiger charge is 2.11. The number of nitrogens with two attached hydrogens (primary N) is 1. The maximum absolute atomic E-state index is 13.2. The van der Waals surface area contributed by atoms with Crippen LogP contribution in [0.15, 0.2) is 36.4 Å². The summed E-state index contributed by atoms with van der Waals surface area (Å²) in [6.45, 7) is 1.59. The number of rotatable bonds is 3. The molecule has 0 aliphatic heterocycles. The molecule has 0 spiro atoms. The van der Waals surface area contributed by atoms with Crippen LogP contribution < -0.4 is 11.1 Å². The second kappa shape index (κ2) is 6.20. The van der Waals surface area contributed by atoms with Gasteiger partial charge in [0.05, 0.1) is 10.7 Å². The minimum Gasteiger partial charge on any atom is -0.389 e. The van der Waals surface area contributed by atoms with Gasteiger partial charge < -0.3 is 11.1 Å². The first kappa shape index (κ1) is 15.4. The number of hydrogen-bond donors (Lipinski definition) is 2. The Hall–Kier alpha value is -1.98. The summed E-state index contributed by atoms with van der Waals surface area (Å²) in [5.41, 5.74) is 7.27. The standard InChI is InChI=1S/C15H12ClFN2OS/c1-8-6-10(3-5-12(8)17)15(20)19-13-7-9(14(18)21)2-4-11(13)16/h2-7H,1H3,(H2,18,21)(H,19,20). The molecule has 1 amide bonds. The minimum absolute atomic E-state index is 0.208. The van der Waals surface area contributed by atoms with Crippen LogP contribution in [0.5, 0.6) is 0 Å². The average molecular weight is 323 g/mol. The highest BCUT2D eigenvalue weighted by molar-refractivity contribution is 7.80. The maximum Gasteiger partial charge on any atom is 0.255 e. The molecular weight excluding hydrogens is 311 g/mol. The van der Waals surface area contributed by atoms with Crippen LogP contribution in [0.4, 0.5) is 10.1 Å². The molecule has 0 saturated carbocycles. The predicted octanol–water partition coefficient (Wildman–Crippen LogP) is 3.67. The van der Waals surface area contributed by atoms with Crippen molar-refractivity contribution in [2.45, 2.75) is 6.92 Å². The molecule has 0 fully saturated rings. The summed E-state index contributed by atoms with van der Waals surface area (Å²) in [7, 11) is 0. The van der Waals surface area contributed by atoms with Crippen molar-refractivity contribution in [3.05, 3.63) is 63.9 Å². The summed E-state index contributed by atoms with van der Waals surface area (Å²) in [4.78, 5) is 12.4. The third kappa shape index (κ3) is 3.56. The summed E-state index contributed by atoms with van der Waals surface area (Å²) in [5, 5.41) is 3.02. The van der Waals surface area contributed by atoms with Gasteiger partial charge in [-0.2, -0.15) is 0 Å². The van der Waals surface area contributed by atoms with Gasteiger partial charge in [-0.25, -0.2) is 4.39 Å². The van der Waals surface area contributed by atoms with E-state index in [1.807, 2.05) is 0 Å². The van der Waals surface area contributed by atoms with Crippen LogP contribution in [0.25, 0.3) is 0 Å². The molecule has 0 aliphatic rings. The molecule has 21 heavy (non-hydrogen) atoms. The Labute approximate surface area is 131 Å². The third-order valence-corrected chi connectivity index (χ3v) is 3.48. The molecule has 108 valence electrons. The summed E-state index contributed by atoms with van der Waals surface area (Å²) < 4.78 is 13.2. The molecule has 0 saturated heterocycles. The van der Waals surface area contributed by atoms with E-state index in [1.54, 1.807) is 25.1 Å². The minimum atomic E-state index is -0.389. The molecule has 0 heterocycles. The fourth-order valence-electron chi connectivity index (χ4n) is 1.75. The van der Waals surface area contributed by atoms with E-state index < -0.39 is 0 Å². The average Bonchev–Trinajstić information content (AvgIpc) is 2.43. The van der Waals surface area contributed by atoms with Crippen LogP contribution in [0.1, 0.15) is 21.5 Å². The molecule has 0 unspecified atom stereocenters. The number of halogens is 2. The van der Waals surface area contributed by atoms with E-state index in [0.717, 1.165) is 0 Å². The summed E-state index contributed by atoms with van der Waals surface area (Å²) >= 11 is 10.9. The Morgan fingerprint density at radius 3 is 2.52 bits per heavy atom. The molecule has 0 bridgehead atoms. The number of carbonyl (C=O) groups excluding carboxylic acids is 1. The number of anilines is 1. The largest absolute Gasteiger partial charge is 0.389 e. The molecule has 0 atom stereocenters. The van der Waals surface area contributed by atoms with Gasteiger partial charge in [0.1, 0.15) is 10.8 Å². The van der Waals surface area contributed by atoms with Crippen LogP contribution in [-0.2, 0) is 0 Å². The van der Waals surface area contributed by atoms with Crippen LogP contribution >= 0.6 is 23.8 Å². The van der Waals surface area contributed by atoms with Crippen molar-refractivity contribution in [3.63, 3.8) is 0 Å². The molecule has 2 rings (SSSR count). The first-order valence-corrected chi connectivity index (χ1v) is 6.84. The fraction of sp³-hybridized carbons (Fsp3) is 0.0667. The van der Waals surface area contributed by atoms with E-state index in [0.29, 0.717) is 27.4 Å². The zero-order valence-corrected chi connectivity index (χ0v) is 12.7. The number of benzene rings is 2. The Balaban J connectivity index is 2.28. The number of amides is 1. The van der Waals surface area contributed by atoms with Gasteiger partial charge in [-0.1, -0.05) is 29.9 Å². The van der Waals surface area contributed by atoms with Crippen LogP contribution in [0, 0.1) is 12.7 Å². The van der Waals surface area contributed by atoms with E-state index in [9.17, 15) is 9.18 Å². The predicted molar refractivity (Wildman–Crippen MR) is 86.4 cm³/mol. The highest BCUT2D eigenvalue weighted by atomic mass is 35.5. The van der Waals surface area contributed by atoms with E-state index >= 15 is 0 Å². The lowest BCUT2D eigenvalue weighted by Gasteiger charge is -2.09. The third-order valence-electron chi connectivity index (χ3n) is 2.92. The van der Waals surface area contributed by atoms with Crippen LogP contribution in [0.3, 0.4) is 0 Å². The summed E-state index contributed by atoms with van der Waals surface area (Å²) in [6.07, 6.45) is 0. The lowest BCUT2D eigenvalue weighted by molar-refractivity contribution is 0.102. The number of nitrogens with one attached hydrogen (secondary N) is 1. The molecule has 2 aromatic rings. The van der Waals surface area contributed by atoms with Gasteiger partial charge in [-0.3, -0.25) is 4.79 Å². The summed E-state index contributed by atoms with van der Waals surface area (Å²) in [6, 6.07) is 8.99. The van der Waals surface area contributed by atoms with Crippen molar-refractivity contribution in [1.29, 1.82) is 0 Å². The molecule has 3 nitrogen and oxygen atoms in total. The molecule has 3 N–H and O–H groups in total. The van der Waals surface area contributed by atoms with Gasteiger partial charge in [0.15, 0.2) is 0 Å². The SMILES string of the molecule is Cc1cc(C(=O)Nc2cc(C(N)=S)ccc2Cl)ccc1F. The van der Waals surface area contributed by atoms with Gasteiger partial charge in [0, 0.05) is 11.1 Å². The first-order chi connectivity index (χ1) is 9.88. The summed E-state index contributed by atoms with van der Waals surface area (Å²) in [5.74, 6) is -0.750. The van der Waals surface area contributed by atoms with E-state index in [2.05, 4.69) is 5.32 Å². The van der Waals surface area contributed by atoms with Crippen LogP contribution in [0.2, 0.25) is 5.02 Å². The molecule has 2 aromatic carbocycles. The molecule has 6 heteroatoms. The van der Waals surface area contributed by atoms with Crippen molar-refractivity contribution in [3.8, 4) is 0 Å². The maximum atomic E-state index is 13.2. The Kier molecular flexibility index (Phi) is 4.55. The molecule has 0 aliphatic carbocycles. The van der Waals surface area contributed by atoms with Gasteiger partial charge >= 0.3 is 0 Å². The topological polar surface area (TPSA) is 55.1 Å².